The second-order valence-corrected chi connectivity index (χ2v) is 7.75. The van der Waals surface area contributed by atoms with E-state index in [1.54, 1.807) is 6.20 Å². The van der Waals surface area contributed by atoms with Crippen LogP contribution < -0.4 is 5.32 Å². The van der Waals surface area contributed by atoms with Crippen molar-refractivity contribution in [3.8, 4) is 5.82 Å². The SMILES string of the molecule is CN=C(NCc1cccnc1-n1ccnc1C)N1CCN(CC2CCOC2)CC1. The summed E-state index contributed by atoms with van der Waals surface area (Å²) in [7, 11) is 1.86. The summed E-state index contributed by atoms with van der Waals surface area (Å²) in [6.45, 7) is 9.80. The van der Waals surface area contributed by atoms with Crippen molar-refractivity contribution in [3.63, 3.8) is 0 Å². The molecule has 0 spiro atoms. The number of nitrogens with one attached hydrogen (secondary N) is 1. The number of rotatable bonds is 5. The summed E-state index contributed by atoms with van der Waals surface area (Å²) in [5.74, 6) is 3.49. The standard InChI is InChI=1S/C21H31N7O/c1-17-23-7-8-28(17)20-19(4-3-6-24-20)14-25-21(22-2)27-11-9-26(10-12-27)15-18-5-13-29-16-18/h3-4,6-8,18H,5,9-16H2,1-2H3,(H,22,25). The third-order valence-corrected chi connectivity index (χ3v) is 5.78. The lowest BCUT2D eigenvalue weighted by Crippen LogP contribution is -2.53. The Hall–Kier alpha value is -2.45. The third kappa shape index (κ3) is 4.76. The van der Waals surface area contributed by atoms with Crippen LogP contribution in [0.4, 0.5) is 0 Å². The van der Waals surface area contributed by atoms with Gasteiger partial charge in [-0.1, -0.05) is 6.07 Å². The van der Waals surface area contributed by atoms with Crippen LogP contribution in [-0.4, -0.2) is 83.3 Å². The average molecular weight is 398 g/mol. The molecule has 1 unspecified atom stereocenters. The van der Waals surface area contributed by atoms with Crippen LogP contribution in [0.25, 0.3) is 5.82 Å². The molecule has 2 aliphatic rings. The molecule has 4 rings (SSSR count). The van der Waals surface area contributed by atoms with E-state index in [0.717, 1.165) is 69.1 Å². The summed E-state index contributed by atoms with van der Waals surface area (Å²) >= 11 is 0. The van der Waals surface area contributed by atoms with Crippen molar-refractivity contribution in [3.05, 3.63) is 42.1 Å². The van der Waals surface area contributed by atoms with Gasteiger partial charge in [0.2, 0.25) is 0 Å². The van der Waals surface area contributed by atoms with E-state index in [9.17, 15) is 0 Å². The van der Waals surface area contributed by atoms with E-state index < -0.39 is 0 Å². The van der Waals surface area contributed by atoms with Crippen LogP contribution in [-0.2, 0) is 11.3 Å². The first-order valence-corrected chi connectivity index (χ1v) is 10.4. The van der Waals surface area contributed by atoms with E-state index in [0.29, 0.717) is 12.5 Å². The second-order valence-electron chi connectivity index (χ2n) is 7.75. The minimum absolute atomic E-state index is 0.674. The van der Waals surface area contributed by atoms with Gasteiger partial charge in [0.25, 0.3) is 0 Å². The fourth-order valence-corrected chi connectivity index (χ4v) is 4.13. The molecule has 0 saturated carbocycles. The van der Waals surface area contributed by atoms with Crippen LogP contribution in [0.5, 0.6) is 0 Å². The molecule has 8 heteroatoms. The summed E-state index contributed by atoms with van der Waals surface area (Å²) in [4.78, 5) is 18.3. The largest absolute Gasteiger partial charge is 0.381 e. The Morgan fingerprint density at radius 1 is 1.24 bits per heavy atom. The number of nitrogens with zero attached hydrogens (tertiary/aromatic N) is 6. The van der Waals surface area contributed by atoms with Gasteiger partial charge < -0.3 is 15.0 Å². The van der Waals surface area contributed by atoms with Crippen LogP contribution in [0.15, 0.2) is 35.7 Å². The number of pyridine rings is 1. The summed E-state index contributed by atoms with van der Waals surface area (Å²) in [6, 6.07) is 4.07. The summed E-state index contributed by atoms with van der Waals surface area (Å²) in [5, 5.41) is 3.53. The molecular formula is C21H31N7O. The third-order valence-electron chi connectivity index (χ3n) is 5.78. The van der Waals surface area contributed by atoms with E-state index in [-0.39, 0.29) is 0 Å². The van der Waals surface area contributed by atoms with Crippen molar-refractivity contribution in [2.24, 2.45) is 10.9 Å². The molecule has 0 bridgehead atoms. The molecule has 2 saturated heterocycles. The fourth-order valence-electron chi connectivity index (χ4n) is 4.13. The normalized spacial score (nSPS) is 21.0. The van der Waals surface area contributed by atoms with Gasteiger partial charge in [-0.05, 0) is 25.3 Å². The number of aliphatic imine (C=N–C) groups is 1. The number of ether oxygens (including phenoxy) is 1. The van der Waals surface area contributed by atoms with E-state index in [1.165, 1.54) is 6.42 Å². The number of guanidine groups is 1. The molecule has 0 radical (unpaired) electrons. The van der Waals surface area contributed by atoms with Crippen LogP contribution in [0.3, 0.4) is 0 Å². The number of hydrogen-bond donors (Lipinski definition) is 1. The first-order valence-electron chi connectivity index (χ1n) is 10.4. The maximum atomic E-state index is 5.52. The summed E-state index contributed by atoms with van der Waals surface area (Å²) in [6.07, 6.45) is 6.77. The van der Waals surface area contributed by atoms with E-state index in [4.69, 9.17) is 4.74 Å². The topological polar surface area (TPSA) is 70.8 Å². The van der Waals surface area contributed by atoms with Crippen LogP contribution in [0.1, 0.15) is 17.8 Å². The van der Waals surface area contributed by atoms with Crippen molar-refractivity contribution in [2.75, 3.05) is 53.0 Å². The average Bonchev–Trinajstić information content (AvgIpc) is 3.41. The van der Waals surface area contributed by atoms with Gasteiger partial charge in [-0.25, -0.2) is 9.97 Å². The molecule has 1 N–H and O–H groups in total. The molecule has 2 aromatic rings. The molecule has 0 amide bonds. The Labute approximate surface area is 172 Å². The highest BCUT2D eigenvalue weighted by molar-refractivity contribution is 5.80. The molecule has 29 heavy (non-hydrogen) atoms. The van der Waals surface area contributed by atoms with Gasteiger partial charge in [0, 0.05) is 77.1 Å². The molecular weight excluding hydrogens is 366 g/mol. The van der Waals surface area contributed by atoms with Crippen molar-refractivity contribution >= 4 is 5.96 Å². The molecule has 2 fully saturated rings. The monoisotopic (exact) mass is 397 g/mol. The minimum Gasteiger partial charge on any atom is -0.381 e. The van der Waals surface area contributed by atoms with Gasteiger partial charge in [0.1, 0.15) is 11.6 Å². The molecule has 2 aliphatic heterocycles. The second kappa shape index (κ2) is 9.37. The predicted octanol–water partition coefficient (Wildman–Crippen LogP) is 1.31. The lowest BCUT2D eigenvalue weighted by atomic mass is 10.1. The zero-order chi connectivity index (χ0) is 20.1. The Morgan fingerprint density at radius 2 is 2.10 bits per heavy atom. The zero-order valence-corrected chi connectivity index (χ0v) is 17.4. The van der Waals surface area contributed by atoms with Crippen molar-refractivity contribution in [1.82, 2.24) is 29.7 Å². The molecule has 0 aliphatic carbocycles. The molecule has 1 atom stereocenters. The zero-order valence-electron chi connectivity index (χ0n) is 17.4. The molecule has 0 aromatic carbocycles. The highest BCUT2D eigenvalue weighted by atomic mass is 16.5. The van der Waals surface area contributed by atoms with Gasteiger partial charge >= 0.3 is 0 Å². The number of hydrogen-bond acceptors (Lipinski definition) is 5. The van der Waals surface area contributed by atoms with Gasteiger partial charge in [-0.15, -0.1) is 0 Å². The fraction of sp³-hybridized carbons (Fsp3) is 0.571. The first kappa shape index (κ1) is 19.8. The quantitative estimate of drug-likeness (QED) is 0.606. The summed E-state index contributed by atoms with van der Waals surface area (Å²) < 4.78 is 7.54. The van der Waals surface area contributed by atoms with Gasteiger partial charge in [0.15, 0.2) is 5.96 Å². The minimum atomic E-state index is 0.674. The molecule has 8 nitrogen and oxygen atoms in total. The van der Waals surface area contributed by atoms with Crippen molar-refractivity contribution in [2.45, 2.75) is 19.9 Å². The smallest absolute Gasteiger partial charge is 0.194 e. The van der Waals surface area contributed by atoms with E-state index in [2.05, 4.69) is 36.1 Å². The van der Waals surface area contributed by atoms with E-state index >= 15 is 0 Å². The van der Waals surface area contributed by atoms with Crippen molar-refractivity contribution in [1.29, 1.82) is 0 Å². The maximum Gasteiger partial charge on any atom is 0.194 e. The number of piperazine rings is 1. The number of aryl methyl sites for hydroxylation is 1. The van der Waals surface area contributed by atoms with Gasteiger partial charge in [-0.3, -0.25) is 14.5 Å². The molecule has 4 heterocycles. The maximum absolute atomic E-state index is 5.52. The predicted molar refractivity (Wildman–Crippen MR) is 113 cm³/mol. The number of imidazole rings is 1. The van der Waals surface area contributed by atoms with Gasteiger partial charge in [0.05, 0.1) is 6.61 Å². The lowest BCUT2D eigenvalue weighted by Gasteiger charge is -2.37. The Kier molecular flexibility index (Phi) is 6.41. The van der Waals surface area contributed by atoms with Crippen LogP contribution in [0, 0.1) is 12.8 Å². The van der Waals surface area contributed by atoms with Crippen LogP contribution in [0.2, 0.25) is 0 Å². The highest BCUT2D eigenvalue weighted by Crippen LogP contribution is 2.16. The van der Waals surface area contributed by atoms with Crippen molar-refractivity contribution < 1.29 is 4.74 Å². The highest BCUT2D eigenvalue weighted by Gasteiger charge is 2.24. The Bertz CT molecular complexity index is 820. The summed E-state index contributed by atoms with van der Waals surface area (Å²) in [5.41, 5.74) is 1.12. The number of aromatic nitrogens is 3. The Balaban J connectivity index is 1.33. The Morgan fingerprint density at radius 3 is 2.79 bits per heavy atom. The lowest BCUT2D eigenvalue weighted by molar-refractivity contribution is 0.139. The molecule has 2 aromatic heterocycles. The van der Waals surface area contributed by atoms with E-state index in [1.807, 2.05) is 37.0 Å². The van der Waals surface area contributed by atoms with Gasteiger partial charge in [-0.2, -0.15) is 0 Å². The van der Waals surface area contributed by atoms with Crippen LogP contribution >= 0.6 is 0 Å². The molecule has 156 valence electrons. The first-order chi connectivity index (χ1) is 14.2.